The van der Waals surface area contributed by atoms with Gasteiger partial charge in [-0.2, -0.15) is 0 Å². The Morgan fingerprint density at radius 1 is 0.880 bits per heavy atom. The molecule has 0 spiro atoms. The van der Waals surface area contributed by atoms with E-state index < -0.39 is 0 Å². The number of ether oxygens (including phenoxy) is 1. The second-order valence-corrected chi connectivity index (χ2v) is 7.55. The highest BCUT2D eigenvalue weighted by Gasteiger charge is 2.33. The number of likely N-dealkylation sites (tertiary alicyclic amines) is 1. The van der Waals surface area contributed by atoms with Gasteiger partial charge in [0.2, 0.25) is 0 Å². The van der Waals surface area contributed by atoms with Crippen molar-refractivity contribution in [1.82, 2.24) is 4.90 Å². The van der Waals surface area contributed by atoms with Crippen molar-refractivity contribution in [3.8, 4) is 0 Å². The quantitative estimate of drug-likeness (QED) is 0.762. The second-order valence-electron chi connectivity index (χ2n) is 7.55. The molecule has 2 aromatic carbocycles. The summed E-state index contributed by atoms with van der Waals surface area (Å²) in [5.74, 6) is 0.557. The zero-order chi connectivity index (χ0) is 16.9. The fourth-order valence-corrected chi connectivity index (χ4v) is 4.45. The predicted octanol–water partition coefficient (Wildman–Crippen LogP) is 4.65. The number of nitrogens with zero attached hydrogens (tertiary/aromatic N) is 1. The normalized spacial score (nSPS) is 23.5. The summed E-state index contributed by atoms with van der Waals surface area (Å²) in [5.41, 5.74) is 4.32. The molecule has 25 heavy (non-hydrogen) atoms. The van der Waals surface area contributed by atoms with Gasteiger partial charge in [0.1, 0.15) is 0 Å². The van der Waals surface area contributed by atoms with Gasteiger partial charge in [-0.3, -0.25) is 0 Å². The van der Waals surface area contributed by atoms with Crippen molar-refractivity contribution in [1.29, 1.82) is 0 Å². The van der Waals surface area contributed by atoms with Crippen molar-refractivity contribution < 1.29 is 4.74 Å². The molecule has 0 amide bonds. The first-order chi connectivity index (χ1) is 12.4. The van der Waals surface area contributed by atoms with E-state index in [1.165, 1.54) is 49.0 Å². The van der Waals surface area contributed by atoms with Crippen LogP contribution in [-0.2, 0) is 17.6 Å². The molecule has 2 aliphatic rings. The van der Waals surface area contributed by atoms with Crippen LogP contribution >= 0.6 is 0 Å². The molecule has 0 N–H and O–H groups in total. The van der Waals surface area contributed by atoms with E-state index in [2.05, 4.69) is 59.5 Å². The molecule has 132 valence electrons. The fourth-order valence-electron chi connectivity index (χ4n) is 4.45. The van der Waals surface area contributed by atoms with Gasteiger partial charge in [-0.05, 0) is 61.4 Å². The number of benzene rings is 2. The van der Waals surface area contributed by atoms with E-state index in [9.17, 15) is 0 Å². The van der Waals surface area contributed by atoms with E-state index in [0.717, 1.165) is 26.0 Å². The molecule has 0 bridgehead atoms. The van der Waals surface area contributed by atoms with Crippen molar-refractivity contribution in [3.63, 3.8) is 0 Å². The van der Waals surface area contributed by atoms with Crippen LogP contribution in [0.3, 0.4) is 0 Å². The lowest BCUT2D eigenvalue weighted by Crippen LogP contribution is -2.33. The Bertz CT molecular complexity index is 663. The second kappa shape index (κ2) is 8.16. The molecule has 0 saturated carbocycles. The van der Waals surface area contributed by atoms with Crippen molar-refractivity contribution in [2.45, 2.75) is 38.2 Å². The summed E-state index contributed by atoms with van der Waals surface area (Å²) in [5, 5.41) is 0. The average molecular weight is 335 g/mol. The summed E-state index contributed by atoms with van der Waals surface area (Å²) < 4.78 is 6.48. The van der Waals surface area contributed by atoms with E-state index in [1.54, 1.807) is 0 Å². The lowest BCUT2D eigenvalue weighted by atomic mass is 9.94. The third kappa shape index (κ3) is 4.13. The first-order valence-corrected chi connectivity index (χ1v) is 9.86. The van der Waals surface area contributed by atoms with Crippen molar-refractivity contribution in [2.24, 2.45) is 5.92 Å². The highest BCUT2D eigenvalue weighted by Crippen LogP contribution is 2.40. The standard InChI is InChI=1S/C23H29NO/c1-3-9-19(10-4-1)17-21-18-20-11-5-6-12-22(20)23(21)25-16-15-24-13-7-2-8-14-24/h1,3-6,9-12,21,23H,2,7-8,13-18H2/t21-,23+/m1/s1. The van der Waals surface area contributed by atoms with Gasteiger partial charge in [0.05, 0.1) is 12.7 Å². The van der Waals surface area contributed by atoms with Crippen molar-refractivity contribution >= 4 is 0 Å². The van der Waals surface area contributed by atoms with Crippen LogP contribution in [0, 0.1) is 5.92 Å². The first-order valence-electron chi connectivity index (χ1n) is 9.86. The summed E-state index contributed by atoms with van der Waals surface area (Å²) in [6, 6.07) is 19.7. The molecular formula is C23H29NO. The van der Waals surface area contributed by atoms with Crippen LogP contribution in [0.4, 0.5) is 0 Å². The van der Waals surface area contributed by atoms with E-state index >= 15 is 0 Å². The topological polar surface area (TPSA) is 12.5 Å². The van der Waals surface area contributed by atoms with E-state index in [0.29, 0.717) is 5.92 Å². The first kappa shape index (κ1) is 16.8. The van der Waals surface area contributed by atoms with Gasteiger partial charge >= 0.3 is 0 Å². The van der Waals surface area contributed by atoms with Gasteiger partial charge in [-0.15, -0.1) is 0 Å². The Labute approximate surface area is 151 Å². The Hall–Kier alpha value is -1.64. The highest BCUT2D eigenvalue weighted by molar-refractivity contribution is 5.35. The third-order valence-corrected chi connectivity index (χ3v) is 5.77. The molecule has 4 rings (SSSR count). The van der Waals surface area contributed by atoms with Gasteiger partial charge in [0.15, 0.2) is 0 Å². The number of hydrogen-bond donors (Lipinski definition) is 0. The average Bonchev–Trinajstić information content (AvgIpc) is 3.01. The molecule has 1 aliphatic heterocycles. The monoisotopic (exact) mass is 335 g/mol. The van der Waals surface area contributed by atoms with E-state index in [1.807, 2.05) is 0 Å². The van der Waals surface area contributed by atoms with Crippen LogP contribution in [0.1, 0.15) is 42.1 Å². The number of hydrogen-bond acceptors (Lipinski definition) is 2. The Morgan fingerprint density at radius 2 is 1.64 bits per heavy atom. The lowest BCUT2D eigenvalue weighted by molar-refractivity contribution is 0.00610. The molecule has 0 radical (unpaired) electrons. The number of rotatable bonds is 6. The maximum atomic E-state index is 6.48. The Balaban J connectivity index is 1.41. The maximum Gasteiger partial charge on any atom is 0.0862 e. The molecule has 0 aromatic heterocycles. The molecule has 2 nitrogen and oxygen atoms in total. The minimum atomic E-state index is 0.251. The SMILES string of the molecule is c1ccc(C[C@@H]2Cc3ccccc3[C@H]2OCCN2CCCCC2)cc1. The lowest BCUT2D eigenvalue weighted by Gasteiger charge is -2.28. The molecular weight excluding hydrogens is 306 g/mol. The van der Waals surface area contributed by atoms with Crippen LogP contribution in [-0.4, -0.2) is 31.1 Å². The zero-order valence-electron chi connectivity index (χ0n) is 15.1. The molecule has 1 heterocycles. The largest absolute Gasteiger partial charge is 0.372 e. The number of fused-ring (bicyclic) bond motifs is 1. The summed E-state index contributed by atoms with van der Waals surface area (Å²) in [6.07, 6.45) is 6.59. The van der Waals surface area contributed by atoms with Gasteiger partial charge in [0, 0.05) is 6.54 Å². The number of piperidine rings is 1. The highest BCUT2D eigenvalue weighted by atomic mass is 16.5. The summed E-state index contributed by atoms with van der Waals surface area (Å²) in [7, 11) is 0. The summed E-state index contributed by atoms with van der Waals surface area (Å²) in [4.78, 5) is 2.57. The summed E-state index contributed by atoms with van der Waals surface area (Å²) >= 11 is 0. The van der Waals surface area contributed by atoms with Crippen molar-refractivity contribution in [3.05, 3.63) is 71.3 Å². The van der Waals surface area contributed by atoms with Crippen LogP contribution in [0.25, 0.3) is 0 Å². The van der Waals surface area contributed by atoms with Crippen LogP contribution < -0.4 is 0 Å². The maximum absolute atomic E-state index is 6.48. The fraction of sp³-hybridized carbons (Fsp3) is 0.478. The predicted molar refractivity (Wildman–Crippen MR) is 103 cm³/mol. The molecule has 1 aliphatic carbocycles. The van der Waals surface area contributed by atoms with Gasteiger partial charge in [-0.1, -0.05) is 61.0 Å². The van der Waals surface area contributed by atoms with E-state index in [-0.39, 0.29) is 6.10 Å². The van der Waals surface area contributed by atoms with Crippen LogP contribution in [0.5, 0.6) is 0 Å². The minimum Gasteiger partial charge on any atom is -0.372 e. The zero-order valence-corrected chi connectivity index (χ0v) is 15.1. The molecule has 2 heteroatoms. The van der Waals surface area contributed by atoms with Gasteiger partial charge in [-0.25, -0.2) is 0 Å². The third-order valence-electron chi connectivity index (χ3n) is 5.77. The Kier molecular flexibility index (Phi) is 5.49. The molecule has 1 saturated heterocycles. The minimum absolute atomic E-state index is 0.251. The van der Waals surface area contributed by atoms with Gasteiger partial charge < -0.3 is 9.64 Å². The summed E-state index contributed by atoms with van der Waals surface area (Å²) in [6.45, 7) is 4.43. The molecule has 0 unspecified atom stereocenters. The van der Waals surface area contributed by atoms with Crippen molar-refractivity contribution in [2.75, 3.05) is 26.2 Å². The smallest absolute Gasteiger partial charge is 0.0862 e. The van der Waals surface area contributed by atoms with Crippen LogP contribution in [0.15, 0.2) is 54.6 Å². The van der Waals surface area contributed by atoms with Crippen LogP contribution in [0.2, 0.25) is 0 Å². The van der Waals surface area contributed by atoms with E-state index in [4.69, 9.17) is 4.74 Å². The van der Waals surface area contributed by atoms with Gasteiger partial charge in [0.25, 0.3) is 0 Å². The molecule has 2 atom stereocenters. The molecule has 2 aromatic rings. The molecule has 1 fully saturated rings. The Morgan fingerprint density at radius 3 is 2.48 bits per heavy atom.